The van der Waals surface area contributed by atoms with Gasteiger partial charge in [-0.15, -0.1) is 11.8 Å². The van der Waals surface area contributed by atoms with Crippen LogP contribution in [0.3, 0.4) is 0 Å². The van der Waals surface area contributed by atoms with Crippen molar-refractivity contribution in [3.8, 4) is 0 Å². The zero-order valence-corrected chi connectivity index (χ0v) is 19.1. The number of likely N-dealkylation sites (tertiary alicyclic amines) is 1. The lowest BCUT2D eigenvalue weighted by Gasteiger charge is -2.33. The van der Waals surface area contributed by atoms with Crippen LogP contribution in [0.2, 0.25) is 0 Å². The van der Waals surface area contributed by atoms with Gasteiger partial charge in [-0.1, -0.05) is 37.1 Å². The number of hydrogen-bond donors (Lipinski definition) is 0. The quantitative estimate of drug-likeness (QED) is 0.365. The topological polar surface area (TPSA) is 29.5 Å². The van der Waals surface area contributed by atoms with Crippen molar-refractivity contribution in [3.05, 3.63) is 35.4 Å². The molecule has 1 aromatic rings. The zero-order valence-electron chi connectivity index (χ0n) is 18.3. The van der Waals surface area contributed by atoms with Gasteiger partial charge in [0, 0.05) is 18.0 Å². The number of carbonyl (C=O) groups excluding carboxylic acids is 1. The molecule has 0 spiro atoms. The molecule has 1 amide bonds. The summed E-state index contributed by atoms with van der Waals surface area (Å²) in [6, 6.07) is 6.68. The molecule has 0 bridgehead atoms. The van der Waals surface area contributed by atoms with Crippen LogP contribution in [0, 0.1) is 12.8 Å². The standard InChI is InChI=1S/C24H37NO2S/c1-19-18-21(12-13-22(19)28-5)11-9-7-6-8-10-20-14-16-25(17-15-20)23(26)27-24(2,3)4/h9,11-13,18,20H,6-8,10,14-17H2,1-5H3/b11-9+. The predicted octanol–water partition coefficient (Wildman–Crippen LogP) is 6.94. The van der Waals surface area contributed by atoms with Crippen LogP contribution in [0.15, 0.2) is 29.2 Å². The van der Waals surface area contributed by atoms with Crippen LogP contribution in [0.25, 0.3) is 6.08 Å². The highest BCUT2D eigenvalue weighted by Crippen LogP contribution is 2.25. The number of aryl methyl sites for hydroxylation is 1. The molecule has 1 aliphatic heterocycles. The van der Waals surface area contributed by atoms with E-state index < -0.39 is 5.60 Å². The number of nitrogens with zero attached hydrogens (tertiary/aromatic N) is 1. The van der Waals surface area contributed by atoms with E-state index in [0.717, 1.165) is 38.3 Å². The first-order chi connectivity index (χ1) is 13.3. The van der Waals surface area contributed by atoms with Crippen molar-refractivity contribution in [2.45, 2.75) is 76.7 Å². The van der Waals surface area contributed by atoms with Crippen molar-refractivity contribution >= 4 is 23.9 Å². The van der Waals surface area contributed by atoms with Crippen molar-refractivity contribution in [3.63, 3.8) is 0 Å². The molecule has 4 heteroatoms. The van der Waals surface area contributed by atoms with Gasteiger partial charge in [0.1, 0.15) is 5.60 Å². The number of piperidine rings is 1. The average Bonchev–Trinajstić information content (AvgIpc) is 2.64. The van der Waals surface area contributed by atoms with E-state index in [1.54, 1.807) is 11.8 Å². The molecule has 3 nitrogen and oxygen atoms in total. The second-order valence-corrected chi connectivity index (χ2v) is 9.67. The minimum absolute atomic E-state index is 0.156. The lowest BCUT2D eigenvalue weighted by molar-refractivity contribution is 0.0180. The molecule has 1 fully saturated rings. The van der Waals surface area contributed by atoms with Crippen molar-refractivity contribution in [2.24, 2.45) is 5.92 Å². The molecule has 0 unspecified atom stereocenters. The summed E-state index contributed by atoms with van der Waals surface area (Å²) in [4.78, 5) is 15.3. The molecule has 0 N–H and O–H groups in total. The first kappa shape index (κ1) is 22.9. The fourth-order valence-corrected chi connectivity index (χ4v) is 4.24. The zero-order chi connectivity index (χ0) is 20.6. The van der Waals surface area contributed by atoms with E-state index in [9.17, 15) is 4.79 Å². The minimum Gasteiger partial charge on any atom is -0.444 e. The maximum Gasteiger partial charge on any atom is 0.410 e. The number of ether oxygens (including phenoxy) is 1. The summed E-state index contributed by atoms with van der Waals surface area (Å²) < 4.78 is 5.47. The molecule has 0 aliphatic carbocycles. The van der Waals surface area contributed by atoms with Crippen LogP contribution in [-0.4, -0.2) is 35.9 Å². The van der Waals surface area contributed by atoms with E-state index in [1.807, 2.05) is 25.7 Å². The van der Waals surface area contributed by atoms with Crippen LogP contribution < -0.4 is 0 Å². The summed E-state index contributed by atoms with van der Waals surface area (Å²) in [7, 11) is 0. The molecule has 0 radical (unpaired) electrons. The lowest BCUT2D eigenvalue weighted by Crippen LogP contribution is -2.41. The van der Waals surface area contributed by atoms with Crippen LogP contribution in [0.5, 0.6) is 0 Å². The largest absolute Gasteiger partial charge is 0.444 e. The Bertz CT molecular complexity index is 655. The number of benzene rings is 1. The van der Waals surface area contributed by atoms with Gasteiger partial charge in [-0.25, -0.2) is 4.79 Å². The summed E-state index contributed by atoms with van der Waals surface area (Å²) in [6.07, 6.45) is 13.7. The maximum absolute atomic E-state index is 12.1. The maximum atomic E-state index is 12.1. The number of rotatable bonds is 7. The molecular weight excluding hydrogens is 366 g/mol. The van der Waals surface area contributed by atoms with Gasteiger partial charge >= 0.3 is 6.09 Å². The third-order valence-corrected chi connectivity index (χ3v) is 6.13. The SMILES string of the molecule is CSc1ccc(/C=C/CCCCC2CCN(C(=O)OC(C)(C)C)CC2)cc1C. The van der Waals surface area contributed by atoms with Crippen molar-refractivity contribution in [2.75, 3.05) is 19.3 Å². The Labute approximate surface area is 175 Å². The Morgan fingerprint density at radius 1 is 1.25 bits per heavy atom. The van der Waals surface area contributed by atoms with Crippen LogP contribution >= 0.6 is 11.8 Å². The normalized spacial score (nSPS) is 16.0. The van der Waals surface area contributed by atoms with Crippen LogP contribution in [-0.2, 0) is 4.74 Å². The molecule has 1 aromatic carbocycles. The Kier molecular flexibility index (Phi) is 8.94. The van der Waals surface area contributed by atoms with Crippen LogP contribution in [0.1, 0.15) is 70.4 Å². The molecular formula is C24H37NO2S. The second kappa shape index (κ2) is 10.9. The van der Waals surface area contributed by atoms with E-state index >= 15 is 0 Å². The van der Waals surface area contributed by atoms with Gasteiger partial charge in [0.25, 0.3) is 0 Å². The number of hydrogen-bond acceptors (Lipinski definition) is 3. The lowest BCUT2D eigenvalue weighted by atomic mass is 9.91. The number of thioether (sulfide) groups is 1. The Morgan fingerprint density at radius 2 is 1.96 bits per heavy atom. The van der Waals surface area contributed by atoms with Gasteiger partial charge in [0.05, 0.1) is 0 Å². The van der Waals surface area contributed by atoms with Crippen molar-refractivity contribution in [1.29, 1.82) is 0 Å². The number of allylic oxidation sites excluding steroid dienone is 1. The minimum atomic E-state index is -0.406. The molecule has 1 aliphatic rings. The van der Waals surface area contributed by atoms with Gasteiger partial charge < -0.3 is 9.64 Å². The van der Waals surface area contributed by atoms with Crippen LogP contribution in [0.4, 0.5) is 4.79 Å². The van der Waals surface area contributed by atoms with Crippen molar-refractivity contribution < 1.29 is 9.53 Å². The molecule has 0 atom stereocenters. The fourth-order valence-electron chi connectivity index (χ4n) is 3.65. The highest BCUT2D eigenvalue weighted by Gasteiger charge is 2.26. The molecule has 0 aromatic heterocycles. The second-order valence-electron chi connectivity index (χ2n) is 8.83. The number of carbonyl (C=O) groups is 1. The number of unbranched alkanes of at least 4 members (excludes halogenated alkanes) is 2. The summed E-state index contributed by atoms with van der Waals surface area (Å²) in [5.41, 5.74) is 2.24. The van der Waals surface area contributed by atoms with Gasteiger partial charge in [-0.3, -0.25) is 0 Å². The van der Waals surface area contributed by atoms with Gasteiger partial charge in [-0.2, -0.15) is 0 Å². The Hall–Kier alpha value is -1.42. The third kappa shape index (κ3) is 7.90. The van der Waals surface area contributed by atoms with Gasteiger partial charge in [0.15, 0.2) is 0 Å². The smallest absolute Gasteiger partial charge is 0.410 e. The Morgan fingerprint density at radius 3 is 2.57 bits per heavy atom. The molecule has 1 saturated heterocycles. The summed E-state index contributed by atoms with van der Waals surface area (Å²) in [5, 5.41) is 0. The van der Waals surface area contributed by atoms with E-state index in [-0.39, 0.29) is 6.09 Å². The summed E-state index contributed by atoms with van der Waals surface area (Å²) >= 11 is 1.80. The predicted molar refractivity (Wildman–Crippen MR) is 121 cm³/mol. The van der Waals surface area contributed by atoms with E-state index in [4.69, 9.17) is 4.74 Å². The Balaban J connectivity index is 1.61. The molecule has 2 rings (SSSR count). The van der Waals surface area contributed by atoms with E-state index in [1.165, 1.54) is 35.3 Å². The van der Waals surface area contributed by atoms with E-state index in [0.29, 0.717) is 0 Å². The number of amides is 1. The third-order valence-electron chi connectivity index (χ3n) is 5.23. The van der Waals surface area contributed by atoms with Gasteiger partial charge in [-0.05, 0) is 82.7 Å². The summed E-state index contributed by atoms with van der Waals surface area (Å²) in [5.74, 6) is 0.754. The average molecular weight is 404 g/mol. The molecule has 28 heavy (non-hydrogen) atoms. The van der Waals surface area contributed by atoms with Crippen molar-refractivity contribution in [1.82, 2.24) is 4.90 Å². The van der Waals surface area contributed by atoms with E-state index in [2.05, 4.69) is 43.5 Å². The highest BCUT2D eigenvalue weighted by atomic mass is 32.2. The molecule has 0 saturated carbocycles. The monoisotopic (exact) mass is 403 g/mol. The molecule has 1 heterocycles. The van der Waals surface area contributed by atoms with Gasteiger partial charge in [0.2, 0.25) is 0 Å². The highest BCUT2D eigenvalue weighted by molar-refractivity contribution is 7.98. The fraction of sp³-hybridized carbons (Fsp3) is 0.625. The summed E-state index contributed by atoms with van der Waals surface area (Å²) in [6.45, 7) is 9.62. The molecule has 156 valence electrons. The first-order valence-electron chi connectivity index (χ1n) is 10.6. The first-order valence-corrected chi connectivity index (χ1v) is 11.8.